The molecule has 7 nitrogen and oxygen atoms in total. The minimum atomic E-state index is 0.0517. The van der Waals surface area contributed by atoms with Crippen LogP contribution in [0.4, 0.5) is 0 Å². The van der Waals surface area contributed by atoms with Gasteiger partial charge in [-0.2, -0.15) is 4.98 Å². The first-order chi connectivity index (χ1) is 11.7. The maximum Gasteiger partial charge on any atom is 0.227 e. The third-order valence-corrected chi connectivity index (χ3v) is 4.11. The van der Waals surface area contributed by atoms with Crippen molar-refractivity contribution in [1.29, 1.82) is 0 Å². The van der Waals surface area contributed by atoms with Gasteiger partial charge in [-0.05, 0) is 13.0 Å². The van der Waals surface area contributed by atoms with Crippen molar-refractivity contribution in [1.82, 2.24) is 19.9 Å². The lowest BCUT2D eigenvalue weighted by atomic mass is 10.1. The van der Waals surface area contributed by atoms with Crippen molar-refractivity contribution in [2.24, 2.45) is 0 Å². The van der Waals surface area contributed by atoms with E-state index in [1.54, 1.807) is 9.80 Å². The topological polar surface area (TPSA) is 79.5 Å². The summed E-state index contributed by atoms with van der Waals surface area (Å²) in [7, 11) is 0. The molecule has 1 aliphatic heterocycles. The van der Waals surface area contributed by atoms with Gasteiger partial charge in [-0.15, -0.1) is 0 Å². The average Bonchev–Trinajstić information content (AvgIpc) is 3.09. The minimum Gasteiger partial charge on any atom is -0.342 e. The molecule has 7 heteroatoms. The number of hydrogen-bond donors (Lipinski definition) is 0. The molecule has 1 aliphatic rings. The van der Waals surface area contributed by atoms with Crippen molar-refractivity contribution < 1.29 is 14.1 Å². The van der Waals surface area contributed by atoms with Gasteiger partial charge in [0.25, 0.3) is 0 Å². The molecule has 2 heterocycles. The maximum absolute atomic E-state index is 12.2. The van der Waals surface area contributed by atoms with Gasteiger partial charge in [0.15, 0.2) is 0 Å². The second-order valence-corrected chi connectivity index (χ2v) is 5.90. The van der Waals surface area contributed by atoms with Gasteiger partial charge in [0, 0.05) is 44.6 Å². The number of piperazine rings is 1. The predicted molar refractivity (Wildman–Crippen MR) is 87.0 cm³/mol. The van der Waals surface area contributed by atoms with Gasteiger partial charge in [-0.1, -0.05) is 28.9 Å². The first kappa shape index (κ1) is 16.2. The molecular weight excluding hydrogens is 308 g/mol. The standard InChI is InChI=1S/C17H20N4O3/c1-13-3-2-4-14(11-13)17-18-15(24-19-17)5-6-16(23)21-9-7-20(12-22)8-10-21/h2-4,11-12H,5-10H2,1H3. The molecule has 0 bridgehead atoms. The van der Waals surface area contributed by atoms with Crippen LogP contribution in [0.1, 0.15) is 17.9 Å². The molecule has 0 saturated carbocycles. The fourth-order valence-electron chi connectivity index (χ4n) is 2.71. The van der Waals surface area contributed by atoms with Crippen LogP contribution in [0.15, 0.2) is 28.8 Å². The van der Waals surface area contributed by atoms with Gasteiger partial charge in [-0.3, -0.25) is 9.59 Å². The van der Waals surface area contributed by atoms with Crippen molar-refractivity contribution in [2.75, 3.05) is 26.2 Å². The van der Waals surface area contributed by atoms with E-state index in [-0.39, 0.29) is 5.91 Å². The zero-order chi connectivity index (χ0) is 16.9. The van der Waals surface area contributed by atoms with Crippen LogP contribution in [0.5, 0.6) is 0 Å². The number of amides is 2. The Balaban J connectivity index is 1.54. The van der Waals surface area contributed by atoms with Crippen molar-refractivity contribution in [2.45, 2.75) is 19.8 Å². The number of carbonyl (C=O) groups is 2. The molecule has 0 radical (unpaired) electrons. The van der Waals surface area contributed by atoms with Crippen LogP contribution < -0.4 is 0 Å². The summed E-state index contributed by atoms with van der Waals surface area (Å²) in [4.78, 5) is 30.7. The lowest BCUT2D eigenvalue weighted by molar-refractivity contribution is -0.135. The highest BCUT2D eigenvalue weighted by molar-refractivity contribution is 5.76. The van der Waals surface area contributed by atoms with Crippen molar-refractivity contribution in [3.8, 4) is 11.4 Å². The molecule has 1 aromatic carbocycles. The Morgan fingerprint density at radius 1 is 1.29 bits per heavy atom. The first-order valence-electron chi connectivity index (χ1n) is 8.02. The Labute approximate surface area is 140 Å². The molecule has 2 aromatic rings. The van der Waals surface area contributed by atoms with E-state index < -0.39 is 0 Å². The average molecular weight is 328 g/mol. The SMILES string of the molecule is Cc1cccc(-c2noc(CCC(=O)N3CCN(C=O)CC3)n2)c1. The van der Waals surface area contributed by atoms with Gasteiger partial charge in [0.1, 0.15) is 0 Å². The van der Waals surface area contributed by atoms with Crippen LogP contribution in [0.3, 0.4) is 0 Å². The first-order valence-corrected chi connectivity index (χ1v) is 8.02. The van der Waals surface area contributed by atoms with Crippen molar-refractivity contribution >= 4 is 12.3 Å². The Kier molecular flexibility index (Phi) is 4.88. The number of benzene rings is 1. The highest BCUT2D eigenvalue weighted by Crippen LogP contribution is 2.17. The summed E-state index contributed by atoms with van der Waals surface area (Å²) in [5, 5.41) is 3.98. The third-order valence-electron chi connectivity index (χ3n) is 4.11. The lowest BCUT2D eigenvalue weighted by Gasteiger charge is -2.32. The third kappa shape index (κ3) is 3.79. The molecule has 24 heavy (non-hydrogen) atoms. The van der Waals surface area contributed by atoms with Crippen LogP contribution in [0.25, 0.3) is 11.4 Å². The van der Waals surface area contributed by atoms with Crippen LogP contribution in [0.2, 0.25) is 0 Å². The van der Waals surface area contributed by atoms with Crippen LogP contribution in [0, 0.1) is 6.92 Å². The van der Waals surface area contributed by atoms with E-state index in [0.29, 0.717) is 50.7 Å². The molecule has 1 fully saturated rings. The Bertz CT molecular complexity index is 720. The molecule has 1 aromatic heterocycles. The fourth-order valence-corrected chi connectivity index (χ4v) is 2.71. The Morgan fingerprint density at radius 3 is 2.79 bits per heavy atom. The van der Waals surface area contributed by atoms with Gasteiger partial charge < -0.3 is 14.3 Å². The summed E-state index contributed by atoms with van der Waals surface area (Å²) in [6.45, 7) is 4.35. The second kappa shape index (κ2) is 7.25. The molecule has 0 aliphatic carbocycles. The number of aromatic nitrogens is 2. The molecule has 126 valence electrons. The van der Waals surface area contributed by atoms with E-state index in [4.69, 9.17) is 4.52 Å². The second-order valence-electron chi connectivity index (χ2n) is 5.90. The summed E-state index contributed by atoms with van der Waals surface area (Å²) in [5.41, 5.74) is 2.03. The number of carbonyl (C=O) groups excluding carboxylic acids is 2. The molecule has 3 rings (SSSR count). The minimum absolute atomic E-state index is 0.0517. The number of rotatable bonds is 5. The quantitative estimate of drug-likeness (QED) is 0.773. The number of hydrogen-bond acceptors (Lipinski definition) is 5. The zero-order valence-corrected chi connectivity index (χ0v) is 13.6. The molecule has 0 N–H and O–H groups in total. The molecular formula is C17H20N4O3. The summed E-state index contributed by atoms with van der Waals surface area (Å²) in [6.07, 6.45) is 1.58. The summed E-state index contributed by atoms with van der Waals surface area (Å²) in [6, 6.07) is 7.88. The van der Waals surface area contributed by atoms with E-state index in [9.17, 15) is 9.59 Å². The van der Waals surface area contributed by atoms with Crippen LogP contribution >= 0.6 is 0 Å². The van der Waals surface area contributed by atoms with Gasteiger partial charge in [-0.25, -0.2) is 0 Å². The van der Waals surface area contributed by atoms with Gasteiger partial charge >= 0.3 is 0 Å². The van der Waals surface area contributed by atoms with Crippen LogP contribution in [-0.2, 0) is 16.0 Å². The molecule has 0 spiro atoms. The largest absolute Gasteiger partial charge is 0.342 e. The van der Waals surface area contributed by atoms with Crippen LogP contribution in [-0.4, -0.2) is 58.4 Å². The van der Waals surface area contributed by atoms with E-state index in [2.05, 4.69) is 10.1 Å². The lowest BCUT2D eigenvalue weighted by Crippen LogP contribution is -2.48. The highest BCUT2D eigenvalue weighted by atomic mass is 16.5. The molecule has 2 amide bonds. The van der Waals surface area contributed by atoms with Gasteiger partial charge in [0.05, 0.1) is 0 Å². The highest BCUT2D eigenvalue weighted by Gasteiger charge is 2.20. The monoisotopic (exact) mass is 328 g/mol. The molecule has 0 atom stereocenters. The van der Waals surface area contributed by atoms with Crippen molar-refractivity contribution in [3.63, 3.8) is 0 Å². The number of aryl methyl sites for hydroxylation is 2. The van der Waals surface area contributed by atoms with E-state index in [1.807, 2.05) is 31.2 Å². The smallest absolute Gasteiger partial charge is 0.227 e. The summed E-state index contributed by atoms with van der Waals surface area (Å²) in [5.74, 6) is 1.06. The summed E-state index contributed by atoms with van der Waals surface area (Å²) < 4.78 is 5.24. The van der Waals surface area contributed by atoms with E-state index in [0.717, 1.165) is 17.5 Å². The normalized spacial score (nSPS) is 14.7. The predicted octanol–water partition coefficient (Wildman–Crippen LogP) is 1.28. The summed E-state index contributed by atoms with van der Waals surface area (Å²) >= 11 is 0. The maximum atomic E-state index is 12.2. The molecule has 1 saturated heterocycles. The Morgan fingerprint density at radius 2 is 2.08 bits per heavy atom. The fraction of sp³-hybridized carbons (Fsp3) is 0.412. The number of nitrogens with zero attached hydrogens (tertiary/aromatic N) is 4. The van der Waals surface area contributed by atoms with Gasteiger partial charge in [0.2, 0.25) is 24.0 Å². The zero-order valence-electron chi connectivity index (χ0n) is 13.6. The van der Waals surface area contributed by atoms with E-state index in [1.165, 1.54) is 0 Å². The van der Waals surface area contributed by atoms with Crippen molar-refractivity contribution in [3.05, 3.63) is 35.7 Å². The molecule has 0 unspecified atom stereocenters. The van der Waals surface area contributed by atoms with E-state index >= 15 is 0 Å². The Hall–Kier alpha value is -2.70.